The Hall–Kier alpha value is -3.95. The maximum Gasteiger partial charge on any atom is 0.271 e. The van der Waals surface area contributed by atoms with E-state index in [9.17, 15) is 4.79 Å². The topological polar surface area (TPSA) is 125 Å². The van der Waals surface area contributed by atoms with Crippen molar-refractivity contribution in [3.05, 3.63) is 60.2 Å². The lowest BCUT2D eigenvalue weighted by atomic mass is 10.2. The molecule has 0 bridgehead atoms. The van der Waals surface area contributed by atoms with Crippen LogP contribution < -0.4 is 21.6 Å². The quantitative estimate of drug-likeness (QED) is 0.372. The molecule has 2 aromatic rings. The first-order valence-corrected chi connectivity index (χ1v) is 7.70. The zero-order valence-corrected chi connectivity index (χ0v) is 14.2. The van der Waals surface area contributed by atoms with E-state index < -0.39 is 5.91 Å². The van der Waals surface area contributed by atoms with Crippen molar-refractivity contribution in [2.24, 2.45) is 5.10 Å². The summed E-state index contributed by atoms with van der Waals surface area (Å²) in [7, 11) is 0. The molecule has 0 fully saturated rings. The lowest BCUT2D eigenvalue weighted by Gasteiger charge is -2.13. The molecule has 0 saturated heterocycles. The molecule has 0 aromatic heterocycles. The number of para-hydroxylation sites is 2. The molecule has 0 spiro atoms. The lowest BCUT2D eigenvalue weighted by Crippen LogP contribution is -2.43. The number of thiocarbonyl (C=S) groups is 1. The molecule has 1 amide bonds. The summed E-state index contributed by atoms with van der Waals surface area (Å²) in [6.45, 7) is 0. The standard InChI is InChI=1S/C17H13N7OS/c18-10-13(11-19)21-22-15-9-5-4-8-14(15)16(25)23-24-17(26)20-12-6-2-1-3-7-12/h1-9,22H,(H,23,25)(H2,20,24,26). The molecular weight excluding hydrogens is 350 g/mol. The van der Waals surface area contributed by atoms with E-state index in [1.165, 1.54) is 0 Å². The predicted molar refractivity (Wildman–Crippen MR) is 102 cm³/mol. The van der Waals surface area contributed by atoms with E-state index in [1.807, 2.05) is 30.3 Å². The summed E-state index contributed by atoms with van der Waals surface area (Å²) in [5.41, 5.74) is 8.59. The van der Waals surface area contributed by atoms with Crippen molar-refractivity contribution in [3.8, 4) is 12.1 Å². The first-order chi connectivity index (χ1) is 12.6. The summed E-state index contributed by atoms with van der Waals surface area (Å²) in [5, 5.41) is 24.1. The van der Waals surface area contributed by atoms with Crippen LogP contribution in [-0.2, 0) is 0 Å². The third-order valence-electron chi connectivity index (χ3n) is 2.99. The Labute approximate surface area is 155 Å². The molecule has 8 nitrogen and oxygen atoms in total. The molecule has 0 heterocycles. The Kier molecular flexibility index (Phi) is 6.63. The van der Waals surface area contributed by atoms with E-state index in [1.54, 1.807) is 36.4 Å². The maximum absolute atomic E-state index is 12.3. The Morgan fingerprint density at radius 2 is 1.62 bits per heavy atom. The Bertz CT molecular complexity index is 897. The number of nitrogens with one attached hydrogen (secondary N) is 4. The molecule has 128 valence electrons. The number of carbonyl (C=O) groups excluding carboxylic acids is 1. The SMILES string of the molecule is N#CC(C#N)=NNc1ccccc1C(=O)NNC(=S)Nc1ccccc1. The highest BCUT2D eigenvalue weighted by molar-refractivity contribution is 7.80. The van der Waals surface area contributed by atoms with Crippen molar-refractivity contribution < 1.29 is 4.79 Å². The number of benzene rings is 2. The van der Waals surface area contributed by atoms with Crippen molar-refractivity contribution in [3.63, 3.8) is 0 Å². The van der Waals surface area contributed by atoms with Crippen molar-refractivity contribution in [2.45, 2.75) is 0 Å². The van der Waals surface area contributed by atoms with E-state index in [0.717, 1.165) is 5.69 Å². The fourth-order valence-electron chi connectivity index (χ4n) is 1.83. The van der Waals surface area contributed by atoms with Crippen LogP contribution in [0.25, 0.3) is 0 Å². The molecule has 26 heavy (non-hydrogen) atoms. The average Bonchev–Trinajstić information content (AvgIpc) is 2.68. The minimum atomic E-state index is -0.476. The molecule has 4 N–H and O–H groups in total. The number of anilines is 2. The molecule has 0 aliphatic rings. The average molecular weight is 363 g/mol. The van der Waals surface area contributed by atoms with E-state index in [0.29, 0.717) is 5.69 Å². The number of hydrogen-bond acceptors (Lipinski definition) is 6. The van der Waals surface area contributed by atoms with Gasteiger partial charge in [-0.3, -0.25) is 21.1 Å². The van der Waals surface area contributed by atoms with Crippen molar-refractivity contribution >= 4 is 40.3 Å². The molecular formula is C17H13N7OS. The molecule has 0 atom stereocenters. The molecule has 0 aliphatic heterocycles. The third kappa shape index (κ3) is 5.30. The Morgan fingerprint density at radius 3 is 2.31 bits per heavy atom. The van der Waals surface area contributed by atoms with Crippen LogP contribution in [0, 0.1) is 22.7 Å². The number of hydrogen-bond donors (Lipinski definition) is 4. The maximum atomic E-state index is 12.3. The highest BCUT2D eigenvalue weighted by Gasteiger charge is 2.11. The lowest BCUT2D eigenvalue weighted by molar-refractivity contribution is 0.0945. The molecule has 0 unspecified atom stereocenters. The summed E-state index contributed by atoms with van der Waals surface area (Å²) in [4.78, 5) is 12.3. The number of amides is 1. The van der Waals surface area contributed by atoms with Gasteiger partial charge in [0.1, 0.15) is 12.1 Å². The van der Waals surface area contributed by atoms with Crippen LogP contribution in [0.2, 0.25) is 0 Å². The zero-order valence-electron chi connectivity index (χ0n) is 13.4. The first-order valence-electron chi connectivity index (χ1n) is 7.29. The van der Waals surface area contributed by atoms with Gasteiger partial charge in [-0.2, -0.15) is 15.6 Å². The normalized spacial score (nSPS) is 9.00. The van der Waals surface area contributed by atoms with E-state index >= 15 is 0 Å². The molecule has 0 radical (unpaired) electrons. The van der Waals surface area contributed by atoms with Crippen LogP contribution in [0.15, 0.2) is 59.7 Å². The molecule has 0 saturated carbocycles. The highest BCUT2D eigenvalue weighted by Crippen LogP contribution is 2.14. The number of hydrazone groups is 1. The fraction of sp³-hybridized carbons (Fsp3) is 0. The minimum absolute atomic E-state index is 0.212. The summed E-state index contributed by atoms with van der Waals surface area (Å²) in [6.07, 6.45) is 0. The summed E-state index contributed by atoms with van der Waals surface area (Å²) in [6, 6.07) is 19.0. The van der Waals surface area contributed by atoms with Gasteiger partial charge in [0.15, 0.2) is 5.11 Å². The van der Waals surface area contributed by atoms with Gasteiger partial charge in [0.25, 0.3) is 5.91 Å². The second-order valence-electron chi connectivity index (χ2n) is 4.74. The van der Waals surface area contributed by atoms with E-state index in [4.69, 9.17) is 22.7 Å². The van der Waals surface area contributed by atoms with Gasteiger partial charge in [-0.1, -0.05) is 30.3 Å². The zero-order chi connectivity index (χ0) is 18.8. The number of nitriles is 2. The van der Waals surface area contributed by atoms with Gasteiger partial charge in [0.05, 0.1) is 11.3 Å². The van der Waals surface area contributed by atoms with Crippen LogP contribution >= 0.6 is 12.2 Å². The van der Waals surface area contributed by atoms with E-state index in [-0.39, 0.29) is 16.4 Å². The first kappa shape index (κ1) is 18.4. The van der Waals surface area contributed by atoms with Gasteiger partial charge in [-0.15, -0.1) is 0 Å². The van der Waals surface area contributed by atoms with Crippen LogP contribution in [0.5, 0.6) is 0 Å². The van der Waals surface area contributed by atoms with Gasteiger partial charge >= 0.3 is 0 Å². The van der Waals surface area contributed by atoms with E-state index in [2.05, 4.69) is 26.7 Å². The Morgan fingerprint density at radius 1 is 0.962 bits per heavy atom. The minimum Gasteiger partial charge on any atom is -0.331 e. The van der Waals surface area contributed by atoms with Gasteiger partial charge in [0, 0.05) is 5.69 Å². The van der Waals surface area contributed by atoms with Gasteiger partial charge < -0.3 is 5.32 Å². The highest BCUT2D eigenvalue weighted by atomic mass is 32.1. The molecule has 9 heteroatoms. The van der Waals surface area contributed by atoms with Crippen LogP contribution in [-0.4, -0.2) is 16.7 Å². The van der Waals surface area contributed by atoms with Crippen LogP contribution in [0.3, 0.4) is 0 Å². The number of nitrogens with zero attached hydrogens (tertiary/aromatic N) is 3. The van der Waals surface area contributed by atoms with Gasteiger partial charge in [-0.25, -0.2) is 0 Å². The second-order valence-corrected chi connectivity index (χ2v) is 5.15. The molecule has 2 aromatic carbocycles. The summed E-state index contributed by atoms with van der Waals surface area (Å²) < 4.78 is 0. The second kappa shape index (κ2) is 9.37. The molecule has 0 aliphatic carbocycles. The largest absolute Gasteiger partial charge is 0.331 e. The monoisotopic (exact) mass is 363 g/mol. The van der Waals surface area contributed by atoms with Crippen molar-refractivity contribution in [2.75, 3.05) is 10.7 Å². The summed E-state index contributed by atoms with van der Waals surface area (Å²) >= 11 is 5.11. The van der Waals surface area contributed by atoms with Crippen LogP contribution in [0.1, 0.15) is 10.4 Å². The smallest absolute Gasteiger partial charge is 0.271 e. The van der Waals surface area contributed by atoms with Crippen molar-refractivity contribution in [1.82, 2.24) is 10.9 Å². The number of rotatable bonds is 4. The third-order valence-corrected chi connectivity index (χ3v) is 3.20. The van der Waals surface area contributed by atoms with Crippen molar-refractivity contribution in [1.29, 1.82) is 10.5 Å². The van der Waals surface area contributed by atoms with Gasteiger partial charge in [0.2, 0.25) is 5.71 Å². The number of hydrazine groups is 1. The van der Waals surface area contributed by atoms with Gasteiger partial charge in [-0.05, 0) is 36.5 Å². The Balaban J connectivity index is 1.99. The fourth-order valence-corrected chi connectivity index (χ4v) is 2.00. The predicted octanol–water partition coefficient (Wildman–Crippen LogP) is 2.13. The van der Waals surface area contributed by atoms with Crippen LogP contribution in [0.4, 0.5) is 11.4 Å². The molecule has 2 rings (SSSR count). The summed E-state index contributed by atoms with van der Waals surface area (Å²) in [5.74, 6) is -0.476. The number of carbonyl (C=O) groups is 1.